The second kappa shape index (κ2) is 5.61. The Morgan fingerprint density at radius 3 is 2.71 bits per heavy atom. The minimum atomic E-state index is -0.636. The first kappa shape index (κ1) is 13.2. The second-order valence-electron chi connectivity index (χ2n) is 5.59. The number of hydrogen-bond donors (Lipinski definition) is 1. The molecule has 1 aliphatic carbocycles. The minimum Gasteiger partial charge on any atom is -0.480 e. The van der Waals surface area contributed by atoms with E-state index in [1.165, 1.54) is 19.3 Å². The Morgan fingerprint density at radius 2 is 2.06 bits per heavy atom. The van der Waals surface area contributed by atoms with Crippen LogP contribution in [0.2, 0.25) is 0 Å². The Bertz CT molecular complexity index is 285. The van der Waals surface area contributed by atoms with Crippen molar-refractivity contribution >= 4 is 17.7 Å². The maximum absolute atomic E-state index is 11.3. The van der Waals surface area contributed by atoms with E-state index in [0.717, 1.165) is 29.9 Å². The van der Waals surface area contributed by atoms with E-state index in [1.54, 1.807) is 11.8 Å². The molecule has 1 heterocycles. The Balaban J connectivity index is 2.01. The molecule has 0 spiro atoms. The second-order valence-corrected chi connectivity index (χ2v) is 6.74. The number of hydrogen-bond acceptors (Lipinski definition) is 3. The lowest BCUT2D eigenvalue weighted by molar-refractivity contribution is -0.144. The Labute approximate surface area is 108 Å². The van der Waals surface area contributed by atoms with E-state index in [-0.39, 0.29) is 6.04 Å². The van der Waals surface area contributed by atoms with Crippen LogP contribution in [-0.4, -0.2) is 46.1 Å². The van der Waals surface area contributed by atoms with Crippen LogP contribution < -0.4 is 0 Å². The van der Waals surface area contributed by atoms with Gasteiger partial charge in [-0.1, -0.05) is 13.8 Å². The summed E-state index contributed by atoms with van der Waals surface area (Å²) in [5.74, 6) is 2.75. The highest BCUT2D eigenvalue weighted by Gasteiger charge is 2.36. The topological polar surface area (TPSA) is 40.5 Å². The molecule has 98 valence electrons. The van der Waals surface area contributed by atoms with Crippen LogP contribution in [0.3, 0.4) is 0 Å². The van der Waals surface area contributed by atoms with E-state index in [0.29, 0.717) is 6.04 Å². The average molecular weight is 257 g/mol. The van der Waals surface area contributed by atoms with Gasteiger partial charge in [-0.15, -0.1) is 0 Å². The summed E-state index contributed by atoms with van der Waals surface area (Å²) in [4.78, 5) is 13.6. The third-order valence-electron chi connectivity index (χ3n) is 4.49. The zero-order chi connectivity index (χ0) is 12.4. The number of rotatable bonds is 2. The molecule has 1 N–H and O–H groups in total. The smallest absolute Gasteiger partial charge is 0.321 e. The first-order chi connectivity index (χ1) is 8.09. The van der Waals surface area contributed by atoms with Crippen molar-refractivity contribution in [2.24, 2.45) is 11.8 Å². The largest absolute Gasteiger partial charge is 0.480 e. The van der Waals surface area contributed by atoms with Gasteiger partial charge in [-0.05, 0) is 31.1 Å². The van der Waals surface area contributed by atoms with Gasteiger partial charge in [-0.2, -0.15) is 11.8 Å². The van der Waals surface area contributed by atoms with Crippen molar-refractivity contribution in [2.45, 2.75) is 45.2 Å². The third-order valence-corrected chi connectivity index (χ3v) is 5.52. The lowest BCUT2D eigenvalue weighted by Gasteiger charge is -2.43. The highest BCUT2D eigenvalue weighted by atomic mass is 32.2. The average Bonchev–Trinajstić information content (AvgIpc) is 2.32. The van der Waals surface area contributed by atoms with Crippen LogP contribution in [0.15, 0.2) is 0 Å². The minimum absolute atomic E-state index is 0.251. The molecule has 2 rings (SSSR count). The SMILES string of the molecule is CC1CCC(N2CCSCC2C(=O)O)CC1C. The predicted molar refractivity (Wildman–Crippen MR) is 71.4 cm³/mol. The quantitative estimate of drug-likeness (QED) is 0.824. The summed E-state index contributed by atoms with van der Waals surface area (Å²) >= 11 is 1.78. The molecule has 4 heteroatoms. The molecule has 1 saturated heterocycles. The van der Waals surface area contributed by atoms with Gasteiger partial charge in [-0.25, -0.2) is 0 Å². The van der Waals surface area contributed by atoms with Crippen LogP contribution in [0.1, 0.15) is 33.1 Å². The maximum Gasteiger partial charge on any atom is 0.321 e. The molecular formula is C13H23NO2S. The van der Waals surface area contributed by atoms with Crippen LogP contribution in [0.4, 0.5) is 0 Å². The molecule has 0 amide bonds. The molecule has 1 aliphatic heterocycles. The summed E-state index contributed by atoms with van der Waals surface area (Å²) in [5, 5.41) is 9.30. The molecule has 0 radical (unpaired) electrons. The molecule has 1 saturated carbocycles. The van der Waals surface area contributed by atoms with Crippen LogP contribution in [0, 0.1) is 11.8 Å². The molecule has 0 aromatic rings. The Morgan fingerprint density at radius 1 is 1.29 bits per heavy atom. The molecule has 4 unspecified atom stereocenters. The summed E-state index contributed by atoms with van der Waals surface area (Å²) in [5.41, 5.74) is 0. The van der Waals surface area contributed by atoms with Crippen molar-refractivity contribution in [3.8, 4) is 0 Å². The van der Waals surface area contributed by atoms with Gasteiger partial charge >= 0.3 is 5.97 Å². The van der Waals surface area contributed by atoms with Gasteiger partial charge in [0.05, 0.1) is 0 Å². The van der Waals surface area contributed by atoms with Crippen molar-refractivity contribution in [1.82, 2.24) is 4.90 Å². The van der Waals surface area contributed by atoms with E-state index in [9.17, 15) is 9.90 Å². The lowest BCUT2D eigenvalue weighted by atomic mass is 9.78. The van der Waals surface area contributed by atoms with E-state index in [1.807, 2.05) is 0 Å². The molecule has 2 aliphatic rings. The van der Waals surface area contributed by atoms with E-state index < -0.39 is 5.97 Å². The van der Waals surface area contributed by atoms with Gasteiger partial charge in [0, 0.05) is 24.1 Å². The van der Waals surface area contributed by atoms with Crippen LogP contribution in [0.5, 0.6) is 0 Å². The fourth-order valence-corrected chi connectivity index (χ4v) is 4.15. The molecule has 17 heavy (non-hydrogen) atoms. The van der Waals surface area contributed by atoms with Crippen molar-refractivity contribution in [3.63, 3.8) is 0 Å². The van der Waals surface area contributed by atoms with E-state index in [4.69, 9.17) is 0 Å². The highest BCUT2D eigenvalue weighted by molar-refractivity contribution is 7.99. The van der Waals surface area contributed by atoms with Crippen LogP contribution in [0.25, 0.3) is 0 Å². The number of thioether (sulfide) groups is 1. The van der Waals surface area contributed by atoms with Crippen molar-refractivity contribution in [2.75, 3.05) is 18.1 Å². The van der Waals surface area contributed by atoms with Crippen molar-refractivity contribution in [3.05, 3.63) is 0 Å². The van der Waals surface area contributed by atoms with Gasteiger partial charge < -0.3 is 5.11 Å². The number of carbonyl (C=O) groups is 1. The van der Waals surface area contributed by atoms with Crippen molar-refractivity contribution < 1.29 is 9.90 Å². The van der Waals surface area contributed by atoms with Gasteiger partial charge in [0.2, 0.25) is 0 Å². The zero-order valence-corrected chi connectivity index (χ0v) is 11.6. The lowest BCUT2D eigenvalue weighted by Crippen LogP contribution is -2.53. The third kappa shape index (κ3) is 2.97. The molecule has 4 atom stereocenters. The fraction of sp³-hybridized carbons (Fsp3) is 0.923. The summed E-state index contributed by atoms with van der Waals surface area (Å²) in [6, 6.07) is 0.252. The molecule has 2 fully saturated rings. The van der Waals surface area contributed by atoms with E-state index >= 15 is 0 Å². The van der Waals surface area contributed by atoms with E-state index in [2.05, 4.69) is 18.7 Å². The summed E-state index contributed by atoms with van der Waals surface area (Å²) in [7, 11) is 0. The van der Waals surface area contributed by atoms with Gasteiger partial charge in [0.1, 0.15) is 6.04 Å². The van der Waals surface area contributed by atoms with Gasteiger partial charge in [-0.3, -0.25) is 9.69 Å². The first-order valence-corrected chi connectivity index (χ1v) is 7.81. The number of nitrogens with zero attached hydrogens (tertiary/aromatic N) is 1. The maximum atomic E-state index is 11.3. The molecular weight excluding hydrogens is 234 g/mol. The number of carboxylic acids is 1. The molecule has 0 aromatic carbocycles. The number of carboxylic acid groups (broad SMARTS) is 1. The normalized spacial score (nSPS) is 40.1. The standard InChI is InChI=1S/C13H23NO2S/c1-9-3-4-11(7-10(9)2)14-5-6-17-8-12(14)13(15)16/h9-12H,3-8H2,1-2H3,(H,15,16). The predicted octanol–water partition coefficient (Wildman–Crippen LogP) is 2.31. The fourth-order valence-electron chi connectivity index (χ4n) is 3.09. The van der Waals surface area contributed by atoms with Crippen LogP contribution in [-0.2, 0) is 4.79 Å². The Hall–Kier alpha value is -0.220. The van der Waals surface area contributed by atoms with Gasteiger partial charge in [0.25, 0.3) is 0 Å². The molecule has 0 aromatic heterocycles. The molecule has 3 nitrogen and oxygen atoms in total. The van der Waals surface area contributed by atoms with Crippen molar-refractivity contribution in [1.29, 1.82) is 0 Å². The summed E-state index contributed by atoms with van der Waals surface area (Å²) < 4.78 is 0. The van der Waals surface area contributed by atoms with Crippen LogP contribution >= 0.6 is 11.8 Å². The van der Waals surface area contributed by atoms with Gasteiger partial charge in [0.15, 0.2) is 0 Å². The highest BCUT2D eigenvalue weighted by Crippen LogP contribution is 2.34. The molecule has 0 bridgehead atoms. The first-order valence-electron chi connectivity index (χ1n) is 6.66. The summed E-state index contributed by atoms with van der Waals surface area (Å²) in [6.45, 7) is 5.58. The monoisotopic (exact) mass is 257 g/mol. The summed E-state index contributed by atoms with van der Waals surface area (Å²) in [6.07, 6.45) is 3.61. The zero-order valence-electron chi connectivity index (χ0n) is 10.8. The number of aliphatic carboxylic acids is 1. The Kier molecular flexibility index (Phi) is 4.36.